The number of aromatic nitrogens is 1. The van der Waals surface area contributed by atoms with Gasteiger partial charge in [0.2, 0.25) is 5.95 Å². The number of nitrogens with one attached hydrogen (secondary N) is 1. The van der Waals surface area contributed by atoms with Crippen LogP contribution in [0.4, 0.5) is 15.9 Å². The van der Waals surface area contributed by atoms with Gasteiger partial charge in [0.25, 0.3) is 0 Å². The van der Waals surface area contributed by atoms with Gasteiger partial charge in [0.05, 0.1) is 4.47 Å². The summed E-state index contributed by atoms with van der Waals surface area (Å²) in [7, 11) is 0. The number of hydrogen-bond donors (Lipinski definition) is 3. The molecule has 4 N–H and O–H groups in total. The molecule has 6 nitrogen and oxygen atoms in total. The highest BCUT2D eigenvalue weighted by molar-refractivity contribution is 9.10. The summed E-state index contributed by atoms with van der Waals surface area (Å²) < 4.78 is 19.8. The maximum Gasteiger partial charge on any atom is 0.322 e. The molecular weight excluding hydrogens is 416 g/mol. The summed E-state index contributed by atoms with van der Waals surface area (Å²) in [6, 6.07) is 4.69. The van der Waals surface area contributed by atoms with Gasteiger partial charge in [0.15, 0.2) is 11.6 Å². The van der Waals surface area contributed by atoms with E-state index in [-0.39, 0.29) is 22.3 Å². The van der Waals surface area contributed by atoms with Crippen molar-refractivity contribution in [2.75, 3.05) is 17.6 Å². The highest BCUT2D eigenvalue weighted by atomic mass is 79.9. The molecular formula is C13H9BrCl2FN3O3. The van der Waals surface area contributed by atoms with Crippen LogP contribution in [0.1, 0.15) is 0 Å². The quantitative estimate of drug-likeness (QED) is 0.492. The van der Waals surface area contributed by atoms with Gasteiger partial charge in [-0.25, -0.2) is 0 Å². The summed E-state index contributed by atoms with van der Waals surface area (Å²) >= 11 is 15.2. The van der Waals surface area contributed by atoms with Gasteiger partial charge in [-0.2, -0.15) is 9.37 Å². The van der Waals surface area contributed by atoms with Crippen molar-refractivity contribution >= 4 is 56.6 Å². The third-order valence-corrected chi connectivity index (χ3v) is 3.87. The second-order valence-corrected chi connectivity index (χ2v) is 5.86. The fourth-order valence-electron chi connectivity index (χ4n) is 1.57. The number of rotatable bonds is 5. The highest BCUT2D eigenvalue weighted by Crippen LogP contribution is 2.42. The van der Waals surface area contributed by atoms with Gasteiger partial charge >= 0.3 is 5.97 Å². The van der Waals surface area contributed by atoms with E-state index in [0.29, 0.717) is 10.2 Å². The van der Waals surface area contributed by atoms with E-state index in [2.05, 4.69) is 26.2 Å². The Morgan fingerprint density at radius 3 is 2.74 bits per heavy atom. The molecule has 0 aliphatic carbocycles. The zero-order chi connectivity index (χ0) is 17.1. The van der Waals surface area contributed by atoms with Crippen molar-refractivity contribution in [3.63, 3.8) is 0 Å². The van der Waals surface area contributed by atoms with Gasteiger partial charge in [0.1, 0.15) is 22.3 Å². The van der Waals surface area contributed by atoms with Crippen LogP contribution >= 0.6 is 39.1 Å². The molecule has 1 heterocycles. The van der Waals surface area contributed by atoms with Gasteiger partial charge in [-0.1, -0.05) is 23.2 Å². The predicted molar refractivity (Wildman–Crippen MR) is 89.0 cm³/mol. The summed E-state index contributed by atoms with van der Waals surface area (Å²) in [6.45, 7) is -0.501. The first-order valence-corrected chi connectivity index (χ1v) is 7.57. The zero-order valence-corrected chi connectivity index (χ0v) is 14.3. The molecule has 23 heavy (non-hydrogen) atoms. The maximum absolute atomic E-state index is 13.8. The van der Waals surface area contributed by atoms with Crippen LogP contribution < -0.4 is 15.8 Å². The molecule has 2 rings (SSSR count). The van der Waals surface area contributed by atoms with Gasteiger partial charge in [-0.3, -0.25) is 4.79 Å². The minimum Gasteiger partial charge on any atom is -0.480 e. The number of nitrogens with two attached hydrogens (primary N) is 1. The lowest BCUT2D eigenvalue weighted by atomic mass is 10.3. The molecule has 10 heteroatoms. The lowest BCUT2D eigenvalue weighted by Crippen LogP contribution is -2.14. The first-order chi connectivity index (χ1) is 10.8. The van der Waals surface area contributed by atoms with Gasteiger partial charge in [0, 0.05) is 5.69 Å². The number of nitrogen functional groups attached to an aromatic ring is 1. The summed E-state index contributed by atoms with van der Waals surface area (Å²) in [5.74, 6) is -2.32. The Kier molecular flexibility index (Phi) is 5.51. The van der Waals surface area contributed by atoms with Crippen molar-refractivity contribution in [2.45, 2.75) is 0 Å². The number of carboxylic acid groups (broad SMARTS) is 1. The smallest absolute Gasteiger partial charge is 0.322 e. The predicted octanol–water partition coefficient (Wildman–Crippen LogP) is 4.16. The first-order valence-electron chi connectivity index (χ1n) is 6.02. The van der Waals surface area contributed by atoms with Crippen molar-refractivity contribution in [3.8, 4) is 11.5 Å². The van der Waals surface area contributed by atoms with E-state index in [0.717, 1.165) is 0 Å². The van der Waals surface area contributed by atoms with Crippen molar-refractivity contribution in [1.29, 1.82) is 0 Å². The number of anilines is 2. The average molecular weight is 425 g/mol. The Hall–Kier alpha value is -1.77. The summed E-state index contributed by atoms with van der Waals surface area (Å²) in [5.41, 5.74) is 6.12. The Bertz CT molecular complexity index is 777. The second-order valence-electron chi connectivity index (χ2n) is 4.25. The molecule has 0 amide bonds. The number of carbonyl (C=O) groups is 1. The van der Waals surface area contributed by atoms with E-state index in [1.807, 2.05) is 0 Å². The third kappa shape index (κ3) is 4.15. The highest BCUT2D eigenvalue weighted by Gasteiger charge is 2.21. The molecule has 0 bridgehead atoms. The summed E-state index contributed by atoms with van der Waals surface area (Å²) in [4.78, 5) is 14.1. The maximum atomic E-state index is 13.8. The number of nitrogens with zero attached hydrogens (tertiary/aromatic N) is 1. The lowest BCUT2D eigenvalue weighted by molar-refractivity contribution is -0.134. The van der Waals surface area contributed by atoms with Crippen molar-refractivity contribution in [1.82, 2.24) is 4.98 Å². The molecule has 0 unspecified atom stereocenters. The third-order valence-electron chi connectivity index (χ3n) is 2.57. The molecule has 0 atom stereocenters. The van der Waals surface area contributed by atoms with E-state index in [1.54, 1.807) is 12.1 Å². The molecule has 2 aromatic rings. The van der Waals surface area contributed by atoms with Crippen molar-refractivity contribution in [3.05, 3.63) is 38.7 Å². The van der Waals surface area contributed by atoms with Gasteiger partial charge < -0.3 is 20.9 Å². The number of pyridine rings is 1. The minimum absolute atomic E-state index is 0.152. The number of aliphatic carboxylic acids is 1. The molecule has 1 aromatic carbocycles. The molecule has 0 fully saturated rings. The van der Waals surface area contributed by atoms with Crippen molar-refractivity contribution in [2.24, 2.45) is 0 Å². The van der Waals surface area contributed by atoms with Crippen LogP contribution in [-0.4, -0.2) is 22.6 Å². The van der Waals surface area contributed by atoms with E-state index < -0.39 is 23.5 Å². The van der Waals surface area contributed by atoms with E-state index in [1.165, 1.54) is 6.07 Å². The molecule has 0 saturated heterocycles. The summed E-state index contributed by atoms with van der Waals surface area (Å²) in [6.07, 6.45) is 0. The fourth-order valence-corrected chi connectivity index (χ4v) is 2.51. The first kappa shape index (κ1) is 17.6. The fraction of sp³-hybridized carbons (Fsp3) is 0.0769. The number of hydrogen-bond acceptors (Lipinski definition) is 5. The topological polar surface area (TPSA) is 97.5 Å². The number of ether oxygens (including phenoxy) is 1. The van der Waals surface area contributed by atoms with Crippen LogP contribution in [0.5, 0.6) is 11.5 Å². The normalized spacial score (nSPS) is 10.4. The molecule has 0 radical (unpaired) electrons. The summed E-state index contributed by atoms with van der Waals surface area (Å²) in [5, 5.41) is 10.4. The Balaban J connectivity index is 2.42. The lowest BCUT2D eigenvalue weighted by Gasteiger charge is -2.14. The second kappa shape index (κ2) is 7.20. The molecule has 0 aliphatic rings. The number of halogens is 4. The molecule has 0 aliphatic heterocycles. The van der Waals surface area contributed by atoms with Crippen LogP contribution in [0, 0.1) is 5.95 Å². The van der Waals surface area contributed by atoms with Crippen LogP contribution in [-0.2, 0) is 4.79 Å². The molecule has 0 spiro atoms. The van der Waals surface area contributed by atoms with E-state index in [9.17, 15) is 9.18 Å². The Labute approximate surface area is 148 Å². The Morgan fingerprint density at radius 1 is 1.43 bits per heavy atom. The van der Waals surface area contributed by atoms with Crippen molar-refractivity contribution < 1.29 is 19.0 Å². The van der Waals surface area contributed by atoms with Crippen LogP contribution in [0.15, 0.2) is 22.7 Å². The van der Waals surface area contributed by atoms with Crippen LogP contribution in [0.2, 0.25) is 10.0 Å². The molecule has 0 saturated carbocycles. The van der Waals surface area contributed by atoms with Crippen LogP contribution in [0.25, 0.3) is 0 Å². The monoisotopic (exact) mass is 423 g/mol. The largest absolute Gasteiger partial charge is 0.480 e. The standard InChI is InChI=1S/C13H9BrCl2FN3O3/c14-6-3-5(18)1-2-7(6)23-11-9(15)12(17)20-13(10(11)16)19-4-8(21)22/h1-3H,4,18H2,(H,19,20)(H,21,22). The number of benzene rings is 1. The average Bonchev–Trinajstić information content (AvgIpc) is 2.47. The van der Waals surface area contributed by atoms with E-state index >= 15 is 0 Å². The van der Waals surface area contributed by atoms with Crippen LogP contribution in [0.3, 0.4) is 0 Å². The minimum atomic E-state index is -1.16. The molecule has 122 valence electrons. The Morgan fingerprint density at radius 2 is 2.13 bits per heavy atom. The van der Waals surface area contributed by atoms with E-state index in [4.69, 9.17) is 38.8 Å². The van der Waals surface area contributed by atoms with Gasteiger partial charge in [-0.05, 0) is 34.1 Å². The van der Waals surface area contributed by atoms with Gasteiger partial charge in [-0.15, -0.1) is 0 Å². The number of carboxylic acids is 1. The zero-order valence-electron chi connectivity index (χ0n) is 11.2. The molecule has 1 aromatic heterocycles. The SMILES string of the molecule is Nc1ccc(Oc2c(Cl)c(F)nc(NCC(=O)O)c2Cl)c(Br)c1.